The minimum absolute atomic E-state index is 0.0758. The van der Waals surface area contributed by atoms with Crippen molar-refractivity contribution in [2.24, 2.45) is 0 Å². The number of benzene rings is 1. The van der Waals surface area contributed by atoms with Crippen LogP contribution in [0, 0.1) is 5.82 Å². The van der Waals surface area contributed by atoms with E-state index in [-0.39, 0.29) is 12.2 Å². The Balaban J connectivity index is 1.57. The van der Waals surface area contributed by atoms with Gasteiger partial charge in [0.25, 0.3) is 0 Å². The van der Waals surface area contributed by atoms with E-state index in [0.29, 0.717) is 68.8 Å². The fourth-order valence-electron chi connectivity index (χ4n) is 5.53. The lowest BCUT2D eigenvalue weighted by Crippen LogP contribution is -2.59. The first kappa shape index (κ1) is 26.7. The van der Waals surface area contributed by atoms with Gasteiger partial charge in [0.1, 0.15) is 23.8 Å². The number of rotatable bonds is 7. The van der Waals surface area contributed by atoms with Gasteiger partial charge in [0.2, 0.25) is 0 Å². The summed E-state index contributed by atoms with van der Waals surface area (Å²) in [5.74, 6) is 0.152. The van der Waals surface area contributed by atoms with Gasteiger partial charge in [-0.2, -0.15) is 13.2 Å². The monoisotopic (exact) mass is 515 g/mol. The van der Waals surface area contributed by atoms with Gasteiger partial charge in [-0.1, -0.05) is 6.07 Å². The molecule has 200 valence electrons. The zero-order valence-corrected chi connectivity index (χ0v) is 21.0. The maximum atomic E-state index is 15.0. The zero-order valence-electron chi connectivity index (χ0n) is 21.0. The Hall–Kier alpha value is -2.34. The van der Waals surface area contributed by atoms with E-state index < -0.39 is 29.0 Å². The third-order valence-corrected chi connectivity index (χ3v) is 7.63. The van der Waals surface area contributed by atoms with Gasteiger partial charge in [-0.3, -0.25) is 9.80 Å². The molecular weight excluding hydrogens is 482 g/mol. The maximum Gasteiger partial charge on any atom is 0.431 e. The molecule has 1 atom stereocenters. The topological polar surface area (TPSA) is 59.3 Å². The Labute approximate surface area is 208 Å². The van der Waals surface area contributed by atoms with Crippen LogP contribution < -0.4 is 9.47 Å². The number of methoxy groups -OCH3 is 2. The van der Waals surface area contributed by atoms with Crippen LogP contribution in [0.5, 0.6) is 11.5 Å². The number of fused-ring (bicyclic) bond motifs is 2. The number of aromatic nitrogens is 1. The second-order valence-corrected chi connectivity index (χ2v) is 9.54. The lowest BCUT2D eigenvalue weighted by molar-refractivity contribution is -0.146. The number of aliphatic hydroxyl groups is 1. The molecule has 0 aliphatic carbocycles. The molecule has 3 heterocycles. The summed E-state index contributed by atoms with van der Waals surface area (Å²) in [7, 11) is 4.92. The molecule has 1 spiro atoms. The molecule has 1 unspecified atom stereocenters. The Morgan fingerprint density at radius 2 is 1.69 bits per heavy atom. The third kappa shape index (κ3) is 4.57. The Kier molecular flexibility index (Phi) is 7.31. The molecule has 0 radical (unpaired) electrons. The summed E-state index contributed by atoms with van der Waals surface area (Å²) in [6.45, 7) is 3.60. The zero-order chi connectivity index (χ0) is 26.3. The average Bonchev–Trinajstić information content (AvgIpc) is 3.20. The van der Waals surface area contributed by atoms with Gasteiger partial charge in [0.15, 0.2) is 11.5 Å². The minimum Gasteiger partial charge on any atom is -0.493 e. The normalized spacial score (nSPS) is 20.2. The Bertz CT molecular complexity index is 1080. The maximum absolute atomic E-state index is 15.0. The summed E-state index contributed by atoms with van der Waals surface area (Å²) in [4.78, 5) is 3.81. The van der Waals surface area contributed by atoms with Gasteiger partial charge in [0, 0.05) is 44.9 Å². The number of piperidine rings is 1. The average molecular weight is 516 g/mol. The molecule has 1 fully saturated rings. The van der Waals surface area contributed by atoms with Crippen LogP contribution in [0.2, 0.25) is 0 Å². The molecule has 1 aromatic carbocycles. The fraction of sp³-hybridized carbons (Fsp3) is 0.600. The molecule has 1 aromatic heterocycles. The third-order valence-electron chi connectivity index (χ3n) is 7.63. The standard InChI is InChI=1S/C25H33F4N3O4/c1-23(33,17-5-6-19(20(15-17)35-4)36-14-13-34-3)31-9-7-24(8-10-31)22-18(26)16-21(25(27,28)29)32(22)12-11-30(24)2/h5-6,15-16,33H,7-14H2,1-4H3. The fourth-order valence-corrected chi connectivity index (χ4v) is 5.53. The van der Waals surface area contributed by atoms with Crippen LogP contribution in [0.25, 0.3) is 0 Å². The van der Waals surface area contributed by atoms with Crippen molar-refractivity contribution in [3.63, 3.8) is 0 Å². The molecule has 2 aliphatic rings. The molecule has 0 saturated carbocycles. The quantitative estimate of drug-likeness (QED) is 0.448. The molecule has 0 bridgehead atoms. The van der Waals surface area contributed by atoms with Crippen molar-refractivity contribution < 1.29 is 36.9 Å². The summed E-state index contributed by atoms with van der Waals surface area (Å²) >= 11 is 0. The molecular formula is C25H33F4N3O4. The van der Waals surface area contributed by atoms with Crippen molar-refractivity contribution in [2.75, 3.05) is 54.1 Å². The molecule has 2 aliphatic heterocycles. The van der Waals surface area contributed by atoms with E-state index in [1.807, 2.05) is 16.8 Å². The molecule has 11 heteroatoms. The lowest BCUT2D eigenvalue weighted by Gasteiger charge is -2.52. The molecule has 0 amide bonds. The van der Waals surface area contributed by atoms with Crippen molar-refractivity contribution in [2.45, 2.75) is 43.8 Å². The van der Waals surface area contributed by atoms with Crippen molar-refractivity contribution >= 4 is 0 Å². The van der Waals surface area contributed by atoms with E-state index in [4.69, 9.17) is 14.2 Å². The number of halogens is 4. The summed E-state index contributed by atoms with van der Waals surface area (Å²) < 4.78 is 72.9. The van der Waals surface area contributed by atoms with E-state index in [2.05, 4.69) is 0 Å². The predicted octanol–water partition coefficient (Wildman–Crippen LogP) is 3.78. The molecule has 1 saturated heterocycles. The summed E-state index contributed by atoms with van der Waals surface area (Å²) in [6.07, 6.45) is -3.89. The summed E-state index contributed by atoms with van der Waals surface area (Å²) in [5.41, 5.74) is -2.54. The van der Waals surface area contributed by atoms with Gasteiger partial charge in [0.05, 0.1) is 24.9 Å². The van der Waals surface area contributed by atoms with Gasteiger partial charge < -0.3 is 23.9 Å². The van der Waals surface area contributed by atoms with E-state index in [9.17, 15) is 18.3 Å². The number of alkyl halides is 3. The summed E-state index contributed by atoms with van der Waals surface area (Å²) in [6, 6.07) is 5.79. The second kappa shape index (κ2) is 9.85. The smallest absolute Gasteiger partial charge is 0.431 e. The molecule has 4 rings (SSSR count). The first-order valence-electron chi connectivity index (χ1n) is 11.9. The number of hydrogen-bond acceptors (Lipinski definition) is 6. The van der Waals surface area contributed by atoms with E-state index in [1.54, 1.807) is 32.2 Å². The van der Waals surface area contributed by atoms with Crippen LogP contribution >= 0.6 is 0 Å². The van der Waals surface area contributed by atoms with Crippen molar-refractivity contribution in [3.8, 4) is 11.5 Å². The largest absolute Gasteiger partial charge is 0.493 e. The minimum atomic E-state index is -4.63. The number of nitrogens with zero attached hydrogens (tertiary/aromatic N) is 3. The van der Waals surface area contributed by atoms with Crippen LogP contribution in [-0.2, 0) is 28.7 Å². The lowest BCUT2D eigenvalue weighted by atomic mass is 9.80. The molecule has 1 N–H and O–H groups in total. The number of hydrogen-bond donors (Lipinski definition) is 1. The number of ether oxygens (including phenoxy) is 3. The highest BCUT2D eigenvalue weighted by Gasteiger charge is 2.50. The second-order valence-electron chi connectivity index (χ2n) is 9.54. The summed E-state index contributed by atoms with van der Waals surface area (Å²) in [5, 5.41) is 11.5. The Morgan fingerprint density at radius 1 is 1.00 bits per heavy atom. The molecule has 7 nitrogen and oxygen atoms in total. The SMILES string of the molecule is COCCOc1ccc(C(C)(O)N2CCC3(CC2)c2c(F)cc(C(F)(F)F)n2CCN3C)cc1OC. The van der Waals surface area contributed by atoms with Crippen LogP contribution in [0.4, 0.5) is 17.6 Å². The van der Waals surface area contributed by atoms with Crippen LogP contribution in [0.1, 0.15) is 36.7 Å². The van der Waals surface area contributed by atoms with Gasteiger partial charge >= 0.3 is 6.18 Å². The molecule has 36 heavy (non-hydrogen) atoms. The van der Waals surface area contributed by atoms with Crippen LogP contribution in [0.15, 0.2) is 24.3 Å². The highest BCUT2D eigenvalue weighted by atomic mass is 19.4. The van der Waals surface area contributed by atoms with E-state index >= 15 is 4.39 Å². The van der Waals surface area contributed by atoms with Crippen molar-refractivity contribution in [1.29, 1.82) is 0 Å². The predicted molar refractivity (Wildman–Crippen MR) is 124 cm³/mol. The highest BCUT2D eigenvalue weighted by Crippen LogP contribution is 2.47. The van der Waals surface area contributed by atoms with Crippen molar-refractivity contribution in [1.82, 2.24) is 14.4 Å². The number of likely N-dealkylation sites (N-methyl/N-ethyl adjacent to an activating group) is 1. The molecule has 2 aromatic rings. The van der Waals surface area contributed by atoms with Crippen molar-refractivity contribution in [3.05, 3.63) is 47.0 Å². The van der Waals surface area contributed by atoms with Crippen LogP contribution in [-0.4, -0.2) is 73.6 Å². The number of likely N-dealkylation sites (tertiary alicyclic amines) is 1. The van der Waals surface area contributed by atoms with Gasteiger partial charge in [-0.25, -0.2) is 4.39 Å². The highest BCUT2D eigenvalue weighted by molar-refractivity contribution is 5.44. The van der Waals surface area contributed by atoms with Crippen LogP contribution in [0.3, 0.4) is 0 Å². The van der Waals surface area contributed by atoms with Gasteiger partial charge in [-0.05, 0) is 38.9 Å². The first-order valence-corrected chi connectivity index (χ1v) is 11.9. The van der Waals surface area contributed by atoms with E-state index in [1.165, 1.54) is 7.11 Å². The van der Waals surface area contributed by atoms with E-state index in [0.717, 1.165) is 4.57 Å². The van der Waals surface area contributed by atoms with Gasteiger partial charge in [-0.15, -0.1) is 0 Å². The Morgan fingerprint density at radius 3 is 2.31 bits per heavy atom. The first-order chi connectivity index (χ1) is 17.0.